The number of thiazole rings is 1. The van der Waals surface area contributed by atoms with Gasteiger partial charge in [0.1, 0.15) is 11.3 Å². The van der Waals surface area contributed by atoms with Gasteiger partial charge >= 0.3 is 0 Å². The number of rotatable bonds is 9. The van der Waals surface area contributed by atoms with Crippen molar-refractivity contribution >= 4 is 42.6 Å². The Hall–Kier alpha value is -2.40. The zero-order valence-electron chi connectivity index (χ0n) is 21.0. The maximum absolute atomic E-state index is 14.3. The molecule has 36 heavy (non-hydrogen) atoms. The summed E-state index contributed by atoms with van der Waals surface area (Å²) >= 11 is 1.27. The van der Waals surface area contributed by atoms with Gasteiger partial charge < -0.3 is 4.90 Å². The Morgan fingerprint density at radius 1 is 1.08 bits per heavy atom. The van der Waals surface area contributed by atoms with E-state index in [1.807, 2.05) is 0 Å². The summed E-state index contributed by atoms with van der Waals surface area (Å²) in [6.07, 6.45) is 1.69. The van der Waals surface area contributed by atoms with Gasteiger partial charge in [0.25, 0.3) is 5.91 Å². The number of fused-ring (bicyclic) bond motifs is 1. The van der Waals surface area contributed by atoms with Gasteiger partial charge in [-0.05, 0) is 68.2 Å². The third kappa shape index (κ3) is 5.61. The van der Waals surface area contributed by atoms with Crippen LogP contribution in [-0.4, -0.2) is 67.8 Å². The summed E-state index contributed by atoms with van der Waals surface area (Å²) < 4.78 is 42.7. The van der Waals surface area contributed by atoms with E-state index in [0.29, 0.717) is 47.5 Å². The second-order valence-electron chi connectivity index (χ2n) is 9.18. The van der Waals surface area contributed by atoms with E-state index in [1.54, 1.807) is 29.2 Å². The normalized spacial score (nSPS) is 15.6. The lowest BCUT2D eigenvalue weighted by Crippen LogP contribution is -2.39. The van der Waals surface area contributed by atoms with Gasteiger partial charge in [-0.1, -0.05) is 38.2 Å². The molecule has 4 rings (SSSR count). The van der Waals surface area contributed by atoms with Crippen LogP contribution in [0.4, 0.5) is 9.52 Å². The monoisotopic (exact) mass is 532 g/mol. The van der Waals surface area contributed by atoms with Crippen molar-refractivity contribution in [2.24, 2.45) is 5.92 Å². The first-order valence-corrected chi connectivity index (χ1v) is 14.7. The van der Waals surface area contributed by atoms with Crippen molar-refractivity contribution in [1.29, 1.82) is 0 Å². The third-order valence-corrected chi connectivity index (χ3v) is 9.81. The number of anilines is 1. The van der Waals surface area contributed by atoms with Crippen molar-refractivity contribution in [1.82, 2.24) is 14.2 Å². The van der Waals surface area contributed by atoms with E-state index in [-0.39, 0.29) is 16.3 Å². The van der Waals surface area contributed by atoms with E-state index < -0.39 is 15.8 Å². The van der Waals surface area contributed by atoms with Crippen molar-refractivity contribution in [3.8, 4) is 0 Å². The highest BCUT2D eigenvalue weighted by Crippen LogP contribution is 2.31. The summed E-state index contributed by atoms with van der Waals surface area (Å²) in [6, 6.07) is 10.9. The molecule has 0 unspecified atom stereocenters. The molecule has 1 aromatic heterocycles. The van der Waals surface area contributed by atoms with Crippen LogP contribution in [0.15, 0.2) is 47.4 Å². The van der Waals surface area contributed by atoms with E-state index in [2.05, 4.69) is 30.7 Å². The Balaban J connectivity index is 1.60. The summed E-state index contributed by atoms with van der Waals surface area (Å²) in [5.41, 5.74) is 0.607. The van der Waals surface area contributed by atoms with Crippen molar-refractivity contribution in [2.75, 3.05) is 44.2 Å². The number of carbonyl (C=O) groups excluding carboxylic acids is 1. The number of halogens is 1. The minimum absolute atomic E-state index is 0.186. The van der Waals surface area contributed by atoms with E-state index >= 15 is 0 Å². The van der Waals surface area contributed by atoms with Crippen LogP contribution >= 0.6 is 11.3 Å². The Bertz CT molecular complexity index is 1300. The summed E-state index contributed by atoms with van der Waals surface area (Å²) in [5.74, 6) is -0.195. The average molecular weight is 533 g/mol. The molecule has 0 aliphatic carbocycles. The highest BCUT2D eigenvalue weighted by atomic mass is 32.2. The average Bonchev–Trinajstić information content (AvgIpc) is 3.32. The molecule has 0 atom stereocenters. The minimum Gasteiger partial charge on any atom is -0.302 e. The zero-order chi connectivity index (χ0) is 25.9. The molecule has 1 fully saturated rings. The number of sulfonamides is 1. The van der Waals surface area contributed by atoms with Crippen molar-refractivity contribution in [3.05, 3.63) is 53.8 Å². The highest BCUT2D eigenvalue weighted by Gasteiger charge is 2.29. The molecule has 0 N–H and O–H groups in total. The second kappa shape index (κ2) is 11.3. The molecule has 194 valence electrons. The van der Waals surface area contributed by atoms with E-state index in [4.69, 9.17) is 0 Å². The summed E-state index contributed by atoms with van der Waals surface area (Å²) in [5, 5.41) is 0.423. The number of para-hydroxylation sites is 1. The molecule has 1 aliphatic rings. The lowest BCUT2D eigenvalue weighted by molar-refractivity contribution is 0.0983. The lowest BCUT2D eigenvalue weighted by atomic mass is 10.0. The zero-order valence-corrected chi connectivity index (χ0v) is 22.6. The number of carbonyl (C=O) groups is 1. The second-order valence-corrected chi connectivity index (χ2v) is 12.1. The predicted molar refractivity (Wildman–Crippen MR) is 143 cm³/mol. The molecule has 2 heterocycles. The van der Waals surface area contributed by atoms with Gasteiger partial charge in [-0.15, -0.1) is 0 Å². The quantitative estimate of drug-likeness (QED) is 0.394. The number of hydrogen-bond donors (Lipinski definition) is 0. The smallest absolute Gasteiger partial charge is 0.260 e. The first kappa shape index (κ1) is 26.7. The Labute approximate surface area is 216 Å². The molecular weight excluding hydrogens is 499 g/mol. The number of hydrogen-bond acceptors (Lipinski definition) is 6. The number of amides is 1. The van der Waals surface area contributed by atoms with E-state index in [9.17, 15) is 17.6 Å². The van der Waals surface area contributed by atoms with Gasteiger partial charge in [0.2, 0.25) is 10.0 Å². The maximum atomic E-state index is 14.3. The minimum atomic E-state index is -3.60. The number of nitrogens with zero attached hydrogens (tertiary/aromatic N) is 4. The van der Waals surface area contributed by atoms with Gasteiger partial charge in [0.05, 0.1) is 9.60 Å². The van der Waals surface area contributed by atoms with Gasteiger partial charge in [-0.2, -0.15) is 4.31 Å². The largest absolute Gasteiger partial charge is 0.302 e. The number of piperidine rings is 1. The Morgan fingerprint density at radius 3 is 2.36 bits per heavy atom. The van der Waals surface area contributed by atoms with Gasteiger partial charge in [-0.25, -0.2) is 17.8 Å². The molecular formula is C26H33FN4O3S2. The van der Waals surface area contributed by atoms with Crippen LogP contribution in [-0.2, 0) is 10.0 Å². The van der Waals surface area contributed by atoms with Gasteiger partial charge in [-0.3, -0.25) is 9.69 Å². The van der Waals surface area contributed by atoms with Crippen LogP contribution < -0.4 is 4.90 Å². The van der Waals surface area contributed by atoms with Crippen molar-refractivity contribution in [2.45, 2.75) is 38.5 Å². The third-order valence-electron chi connectivity index (χ3n) is 6.85. The molecule has 0 spiro atoms. The fourth-order valence-corrected chi connectivity index (χ4v) is 6.86. The van der Waals surface area contributed by atoms with Crippen LogP contribution in [0.3, 0.4) is 0 Å². The number of likely N-dealkylation sites (N-methyl/N-ethyl adjacent to an activating group) is 1. The van der Waals surface area contributed by atoms with Gasteiger partial charge in [0, 0.05) is 31.7 Å². The molecule has 0 saturated carbocycles. The molecule has 2 aromatic carbocycles. The summed E-state index contributed by atoms with van der Waals surface area (Å²) in [4.78, 5) is 22.0. The fourth-order valence-electron chi connectivity index (χ4n) is 4.38. The SMILES string of the molecule is CCN(CC)CCN(C(=O)c1ccc(S(=O)(=O)N2CCC(C)CC2)cc1)c1nc2c(F)cccc2s1. The van der Waals surface area contributed by atoms with Crippen LogP contribution in [0.2, 0.25) is 0 Å². The van der Waals surface area contributed by atoms with Crippen molar-refractivity contribution in [3.63, 3.8) is 0 Å². The maximum Gasteiger partial charge on any atom is 0.260 e. The Kier molecular flexibility index (Phi) is 8.39. The predicted octanol–water partition coefficient (Wildman–Crippen LogP) is 4.84. The molecule has 3 aromatic rings. The fraction of sp³-hybridized carbons (Fsp3) is 0.462. The molecule has 7 nitrogen and oxygen atoms in total. The number of aromatic nitrogens is 1. The van der Waals surface area contributed by atoms with E-state index in [1.165, 1.54) is 33.8 Å². The molecule has 1 aliphatic heterocycles. The van der Waals surface area contributed by atoms with E-state index in [0.717, 1.165) is 25.9 Å². The summed E-state index contributed by atoms with van der Waals surface area (Å²) in [6.45, 7) is 9.98. The van der Waals surface area contributed by atoms with Crippen LogP contribution in [0.5, 0.6) is 0 Å². The molecule has 1 saturated heterocycles. The number of benzene rings is 2. The topological polar surface area (TPSA) is 73.8 Å². The summed E-state index contributed by atoms with van der Waals surface area (Å²) in [7, 11) is -3.60. The highest BCUT2D eigenvalue weighted by molar-refractivity contribution is 7.89. The van der Waals surface area contributed by atoms with Crippen molar-refractivity contribution < 1.29 is 17.6 Å². The first-order chi connectivity index (χ1) is 17.2. The molecule has 1 amide bonds. The Morgan fingerprint density at radius 2 is 1.75 bits per heavy atom. The van der Waals surface area contributed by atoms with Gasteiger partial charge in [0.15, 0.2) is 5.13 Å². The molecule has 0 radical (unpaired) electrons. The van der Waals surface area contributed by atoms with Crippen LogP contribution in [0, 0.1) is 11.7 Å². The standard InChI is InChI=1S/C26H33FN4O3S2/c1-4-29(5-2)17-18-31(26-28-24-22(27)7-6-8-23(24)35-26)25(32)20-9-11-21(12-10-20)36(33,34)30-15-13-19(3)14-16-30/h6-12,19H,4-5,13-18H2,1-3H3. The first-order valence-electron chi connectivity index (χ1n) is 12.4. The van der Waals surface area contributed by atoms with Crippen LogP contribution in [0.25, 0.3) is 10.2 Å². The lowest BCUT2D eigenvalue weighted by Gasteiger charge is -2.29. The molecule has 10 heteroatoms. The molecule has 0 bridgehead atoms. The van der Waals surface area contributed by atoms with Crippen LogP contribution in [0.1, 0.15) is 44.0 Å².